The molecular formula is C10H13IN2S. The summed E-state index contributed by atoms with van der Waals surface area (Å²) < 4.78 is 2.40. The van der Waals surface area contributed by atoms with Crippen molar-refractivity contribution in [3.8, 4) is 0 Å². The molecule has 0 N–H and O–H groups in total. The molecule has 2 nitrogen and oxygen atoms in total. The van der Waals surface area contributed by atoms with Crippen molar-refractivity contribution in [2.45, 2.75) is 0 Å². The molecule has 1 aromatic rings. The second-order valence-electron chi connectivity index (χ2n) is 3.32. The summed E-state index contributed by atoms with van der Waals surface area (Å²) in [6.45, 7) is 4.59. The van der Waals surface area contributed by atoms with Crippen molar-refractivity contribution in [3.63, 3.8) is 0 Å². The van der Waals surface area contributed by atoms with Crippen molar-refractivity contribution in [3.05, 3.63) is 30.3 Å². The maximum Gasteiger partial charge on any atom is 0.0367 e. The number of anilines is 1. The van der Waals surface area contributed by atoms with Crippen molar-refractivity contribution >= 4 is 36.0 Å². The summed E-state index contributed by atoms with van der Waals surface area (Å²) in [6, 6.07) is 10.7. The van der Waals surface area contributed by atoms with Crippen molar-refractivity contribution in [2.75, 3.05) is 31.1 Å². The molecule has 0 atom stereocenters. The summed E-state index contributed by atoms with van der Waals surface area (Å²) in [7, 11) is 1.82. The van der Waals surface area contributed by atoms with Gasteiger partial charge in [0.25, 0.3) is 0 Å². The van der Waals surface area contributed by atoms with Crippen LogP contribution < -0.4 is 4.90 Å². The highest BCUT2D eigenvalue weighted by Crippen LogP contribution is 2.22. The van der Waals surface area contributed by atoms with Gasteiger partial charge in [-0.25, -0.2) is 4.31 Å². The van der Waals surface area contributed by atoms with Gasteiger partial charge >= 0.3 is 0 Å². The Balaban J connectivity index is 1.96. The van der Waals surface area contributed by atoms with E-state index in [0.717, 1.165) is 26.2 Å². The minimum Gasteiger partial charge on any atom is -0.369 e. The van der Waals surface area contributed by atoms with E-state index in [1.807, 2.05) is 9.12 Å². The van der Waals surface area contributed by atoms with E-state index in [1.54, 1.807) is 0 Å². The van der Waals surface area contributed by atoms with E-state index in [-0.39, 0.29) is 0 Å². The standard InChI is InChI=1S/C10H13IN2S/c11-14-13-8-6-12(7-9-13)10-4-2-1-3-5-10/h1-5H,6-9H2. The second-order valence-corrected chi connectivity index (χ2v) is 5.16. The maximum atomic E-state index is 2.45. The third-order valence-electron chi connectivity index (χ3n) is 2.46. The minimum atomic E-state index is 1.14. The van der Waals surface area contributed by atoms with Gasteiger partial charge in [-0.15, -0.1) is 0 Å². The van der Waals surface area contributed by atoms with Gasteiger partial charge in [0.2, 0.25) is 0 Å². The van der Waals surface area contributed by atoms with Gasteiger partial charge in [0.15, 0.2) is 0 Å². The predicted molar refractivity (Wildman–Crippen MR) is 71.8 cm³/mol. The van der Waals surface area contributed by atoms with Crippen molar-refractivity contribution in [1.29, 1.82) is 0 Å². The first-order chi connectivity index (χ1) is 6.90. The molecule has 1 heterocycles. The molecule has 0 aliphatic carbocycles. The highest BCUT2D eigenvalue weighted by atomic mass is 127. The molecule has 0 spiro atoms. The number of rotatable bonds is 2. The average molecular weight is 320 g/mol. The molecule has 1 saturated heterocycles. The Labute approximate surface area is 101 Å². The first-order valence-electron chi connectivity index (χ1n) is 4.74. The number of hydrogen-bond donors (Lipinski definition) is 0. The summed E-state index contributed by atoms with van der Waals surface area (Å²) >= 11 is 2.35. The van der Waals surface area contributed by atoms with Crippen LogP contribution in [-0.4, -0.2) is 30.5 Å². The summed E-state index contributed by atoms with van der Waals surface area (Å²) in [5.74, 6) is 0. The van der Waals surface area contributed by atoms with E-state index >= 15 is 0 Å². The van der Waals surface area contributed by atoms with Gasteiger partial charge in [0, 0.05) is 53.1 Å². The van der Waals surface area contributed by atoms with E-state index in [1.165, 1.54) is 5.69 Å². The normalized spacial score (nSPS) is 18.5. The van der Waals surface area contributed by atoms with Gasteiger partial charge in [-0.3, -0.25) is 0 Å². The van der Waals surface area contributed by atoms with E-state index in [0.29, 0.717) is 0 Å². The Kier molecular flexibility index (Phi) is 3.95. The molecular weight excluding hydrogens is 307 g/mol. The zero-order valence-electron chi connectivity index (χ0n) is 7.90. The van der Waals surface area contributed by atoms with Gasteiger partial charge in [0.1, 0.15) is 0 Å². The van der Waals surface area contributed by atoms with Crippen LogP contribution in [0.1, 0.15) is 0 Å². The number of halogens is 1. The summed E-state index contributed by atoms with van der Waals surface area (Å²) in [6.07, 6.45) is 0. The molecule has 0 aromatic heterocycles. The largest absolute Gasteiger partial charge is 0.369 e. The Morgan fingerprint density at radius 3 is 2.21 bits per heavy atom. The lowest BCUT2D eigenvalue weighted by Gasteiger charge is -2.34. The third kappa shape index (κ3) is 2.55. The number of para-hydroxylation sites is 1. The molecule has 1 aliphatic heterocycles. The Hall–Kier alpha value is 0.0600. The van der Waals surface area contributed by atoms with Crippen LogP contribution >= 0.6 is 30.3 Å². The molecule has 4 heteroatoms. The molecule has 0 unspecified atom stereocenters. The quantitative estimate of drug-likeness (QED) is 0.611. The number of nitrogens with zero attached hydrogens (tertiary/aromatic N) is 2. The Bertz CT molecular complexity index is 273. The molecule has 2 rings (SSSR count). The summed E-state index contributed by atoms with van der Waals surface area (Å²) in [5.41, 5.74) is 1.35. The smallest absolute Gasteiger partial charge is 0.0367 e. The fourth-order valence-electron chi connectivity index (χ4n) is 1.65. The van der Waals surface area contributed by atoms with Gasteiger partial charge in [-0.2, -0.15) is 0 Å². The van der Waals surface area contributed by atoms with Crippen molar-refractivity contribution < 1.29 is 0 Å². The second kappa shape index (κ2) is 5.23. The van der Waals surface area contributed by atoms with E-state index < -0.39 is 0 Å². The number of benzene rings is 1. The molecule has 0 saturated carbocycles. The third-order valence-corrected chi connectivity index (χ3v) is 4.69. The lowest BCUT2D eigenvalue weighted by molar-refractivity contribution is 0.434. The van der Waals surface area contributed by atoms with Crippen LogP contribution in [0.15, 0.2) is 30.3 Å². The van der Waals surface area contributed by atoms with Gasteiger partial charge in [-0.1, -0.05) is 18.2 Å². The van der Waals surface area contributed by atoms with Crippen LogP contribution in [0.2, 0.25) is 0 Å². The molecule has 0 amide bonds. The predicted octanol–water partition coefficient (Wildman–Crippen LogP) is 2.81. The fraction of sp³-hybridized carbons (Fsp3) is 0.400. The van der Waals surface area contributed by atoms with Crippen LogP contribution in [0.25, 0.3) is 0 Å². The summed E-state index contributed by atoms with van der Waals surface area (Å²) in [5, 5.41) is 0. The molecule has 1 aromatic carbocycles. The molecule has 14 heavy (non-hydrogen) atoms. The van der Waals surface area contributed by atoms with E-state index in [2.05, 4.69) is 60.7 Å². The first kappa shape index (κ1) is 10.6. The van der Waals surface area contributed by atoms with Crippen molar-refractivity contribution in [2.24, 2.45) is 0 Å². The van der Waals surface area contributed by atoms with E-state index in [4.69, 9.17) is 0 Å². The molecule has 1 fully saturated rings. The number of piperazine rings is 1. The molecule has 76 valence electrons. The molecule has 1 aliphatic rings. The Morgan fingerprint density at radius 2 is 1.64 bits per heavy atom. The van der Waals surface area contributed by atoms with Crippen LogP contribution in [0.3, 0.4) is 0 Å². The van der Waals surface area contributed by atoms with Gasteiger partial charge in [-0.05, 0) is 21.3 Å². The van der Waals surface area contributed by atoms with Crippen LogP contribution in [0.5, 0.6) is 0 Å². The average Bonchev–Trinajstić information content (AvgIpc) is 2.30. The maximum absolute atomic E-state index is 2.45. The topological polar surface area (TPSA) is 6.48 Å². The van der Waals surface area contributed by atoms with Crippen molar-refractivity contribution in [1.82, 2.24) is 4.31 Å². The van der Waals surface area contributed by atoms with Gasteiger partial charge < -0.3 is 4.90 Å². The zero-order chi connectivity index (χ0) is 9.80. The summed E-state index contributed by atoms with van der Waals surface area (Å²) in [4.78, 5) is 2.45. The highest BCUT2D eigenvalue weighted by Gasteiger charge is 2.16. The fourth-order valence-corrected chi connectivity index (χ4v) is 3.14. The monoisotopic (exact) mass is 320 g/mol. The molecule has 0 radical (unpaired) electrons. The lowest BCUT2D eigenvalue weighted by Crippen LogP contribution is -2.42. The minimum absolute atomic E-state index is 1.14. The first-order valence-corrected chi connectivity index (χ1v) is 8.05. The van der Waals surface area contributed by atoms with Gasteiger partial charge in [0.05, 0.1) is 0 Å². The highest BCUT2D eigenvalue weighted by molar-refractivity contribution is 14.2. The SMILES string of the molecule is ISN1CCN(c2ccccc2)CC1. The van der Waals surface area contributed by atoms with E-state index in [9.17, 15) is 0 Å². The Morgan fingerprint density at radius 1 is 1.00 bits per heavy atom. The number of hydrogen-bond acceptors (Lipinski definition) is 3. The molecule has 0 bridgehead atoms. The van der Waals surface area contributed by atoms with Crippen LogP contribution in [-0.2, 0) is 0 Å². The van der Waals surface area contributed by atoms with Crippen LogP contribution in [0, 0.1) is 0 Å². The van der Waals surface area contributed by atoms with Crippen LogP contribution in [0.4, 0.5) is 5.69 Å². The lowest BCUT2D eigenvalue weighted by atomic mass is 10.2. The zero-order valence-corrected chi connectivity index (χ0v) is 10.9.